The van der Waals surface area contributed by atoms with Crippen molar-refractivity contribution < 1.29 is 14.3 Å². The predicted molar refractivity (Wildman–Crippen MR) is 111 cm³/mol. The third-order valence-corrected chi connectivity index (χ3v) is 6.57. The summed E-state index contributed by atoms with van der Waals surface area (Å²) in [7, 11) is 1.32. The molecule has 0 saturated heterocycles. The lowest BCUT2D eigenvalue weighted by Crippen LogP contribution is -2.15. The number of aryl methyl sites for hydroxylation is 1. The van der Waals surface area contributed by atoms with Gasteiger partial charge in [0, 0.05) is 27.9 Å². The molecule has 26 heavy (non-hydrogen) atoms. The molecule has 0 aliphatic carbocycles. The summed E-state index contributed by atoms with van der Waals surface area (Å²) in [6, 6.07) is 5.36. The van der Waals surface area contributed by atoms with Crippen molar-refractivity contribution in [2.75, 3.05) is 12.4 Å². The minimum Gasteiger partial charge on any atom is -0.465 e. The van der Waals surface area contributed by atoms with Crippen LogP contribution in [0.2, 0.25) is 5.02 Å². The van der Waals surface area contributed by atoms with Gasteiger partial charge < -0.3 is 10.1 Å². The molecule has 1 N–H and O–H groups in total. The second kappa shape index (κ2) is 7.93. The first-order valence-corrected chi connectivity index (χ1v) is 9.96. The third-order valence-electron chi connectivity index (χ3n) is 3.88. The van der Waals surface area contributed by atoms with Gasteiger partial charge in [-0.15, -0.1) is 11.3 Å². The molecule has 9 heteroatoms. The number of hydrogen-bond donors (Lipinski definition) is 1. The van der Waals surface area contributed by atoms with E-state index in [4.69, 9.17) is 16.3 Å². The molecule has 0 atom stereocenters. The van der Waals surface area contributed by atoms with E-state index >= 15 is 0 Å². The number of benzene rings is 1. The van der Waals surface area contributed by atoms with Crippen molar-refractivity contribution in [3.05, 3.63) is 43.6 Å². The molecule has 0 saturated carbocycles. The first-order valence-electron chi connectivity index (χ1n) is 7.69. The van der Waals surface area contributed by atoms with Gasteiger partial charge in [-0.1, -0.05) is 11.6 Å². The molecule has 0 aliphatic heterocycles. The quantitative estimate of drug-likeness (QED) is 0.412. The van der Waals surface area contributed by atoms with Crippen LogP contribution in [0.1, 0.15) is 21.8 Å². The third kappa shape index (κ3) is 3.86. The van der Waals surface area contributed by atoms with Gasteiger partial charge >= 0.3 is 5.97 Å². The first-order chi connectivity index (χ1) is 12.4. The molecule has 0 unspecified atom stereocenters. The number of rotatable bonds is 5. The van der Waals surface area contributed by atoms with Crippen LogP contribution in [-0.2, 0) is 16.1 Å². The minimum absolute atomic E-state index is 0.106. The van der Waals surface area contributed by atoms with E-state index < -0.39 is 5.97 Å². The Morgan fingerprint density at radius 1 is 1.42 bits per heavy atom. The minimum atomic E-state index is -0.467. The second-order valence-electron chi connectivity index (χ2n) is 5.55. The number of esters is 1. The van der Waals surface area contributed by atoms with Gasteiger partial charge in [0.05, 0.1) is 28.4 Å². The average molecular weight is 504 g/mol. The summed E-state index contributed by atoms with van der Waals surface area (Å²) in [5.41, 5.74) is 1.70. The average Bonchev–Trinajstić information content (AvgIpc) is 3.12. The number of amides is 1. The Morgan fingerprint density at radius 2 is 2.19 bits per heavy atom. The molecular formula is C17H15ClIN3O3S. The lowest BCUT2D eigenvalue weighted by molar-refractivity contribution is -0.116. The van der Waals surface area contributed by atoms with Gasteiger partial charge in [0.15, 0.2) is 0 Å². The van der Waals surface area contributed by atoms with E-state index in [1.54, 1.807) is 24.4 Å². The van der Waals surface area contributed by atoms with Crippen LogP contribution in [0.15, 0.2) is 24.4 Å². The van der Waals surface area contributed by atoms with Crippen LogP contribution >= 0.6 is 45.5 Å². The van der Waals surface area contributed by atoms with Gasteiger partial charge in [-0.3, -0.25) is 9.48 Å². The fourth-order valence-corrected chi connectivity index (χ4v) is 4.32. The first kappa shape index (κ1) is 19.1. The number of thiophene rings is 1. The van der Waals surface area contributed by atoms with Gasteiger partial charge in [-0.25, -0.2) is 4.79 Å². The standard InChI is InChI=1S/C17H15ClIN3O3S/c1-9-12(19)8-20-22(9)6-5-14(23)21-10-3-4-11-13(7-10)26-16(15(11)18)17(24)25-2/h3-4,7-8H,5-6H2,1-2H3,(H,21,23). The molecule has 0 fully saturated rings. The summed E-state index contributed by atoms with van der Waals surface area (Å²) in [5, 5.41) is 8.25. The summed E-state index contributed by atoms with van der Waals surface area (Å²) < 4.78 is 8.43. The molecule has 0 bridgehead atoms. The molecule has 0 radical (unpaired) electrons. The van der Waals surface area contributed by atoms with Crippen molar-refractivity contribution >= 4 is 73.2 Å². The molecule has 136 valence electrons. The molecule has 1 aromatic carbocycles. The van der Waals surface area contributed by atoms with Gasteiger partial charge in [0.2, 0.25) is 5.91 Å². The van der Waals surface area contributed by atoms with E-state index in [0.29, 0.717) is 28.6 Å². The van der Waals surface area contributed by atoms with E-state index in [2.05, 4.69) is 33.0 Å². The smallest absolute Gasteiger partial charge is 0.349 e. The number of carbonyl (C=O) groups excluding carboxylic acids is 2. The zero-order valence-corrected chi connectivity index (χ0v) is 17.7. The number of methoxy groups -OCH3 is 1. The number of anilines is 1. The molecule has 0 spiro atoms. The fraction of sp³-hybridized carbons (Fsp3) is 0.235. The highest BCUT2D eigenvalue weighted by Gasteiger charge is 2.18. The Hall–Kier alpha value is -1.65. The van der Waals surface area contributed by atoms with Gasteiger partial charge in [-0.05, 0) is 47.7 Å². The van der Waals surface area contributed by atoms with Crippen LogP contribution in [0.3, 0.4) is 0 Å². The van der Waals surface area contributed by atoms with Crippen molar-refractivity contribution in [2.24, 2.45) is 0 Å². The van der Waals surface area contributed by atoms with Crippen molar-refractivity contribution in [1.82, 2.24) is 9.78 Å². The van der Waals surface area contributed by atoms with E-state index in [-0.39, 0.29) is 5.91 Å². The lowest BCUT2D eigenvalue weighted by Gasteiger charge is -2.07. The van der Waals surface area contributed by atoms with E-state index in [1.165, 1.54) is 18.4 Å². The fourth-order valence-electron chi connectivity index (χ4n) is 2.45. The molecule has 0 aliphatic rings. The molecule has 1 amide bonds. The number of ether oxygens (including phenoxy) is 1. The highest BCUT2D eigenvalue weighted by molar-refractivity contribution is 14.1. The van der Waals surface area contributed by atoms with Crippen molar-refractivity contribution in [2.45, 2.75) is 19.9 Å². The number of carbonyl (C=O) groups is 2. The van der Waals surface area contributed by atoms with Crippen molar-refractivity contribution in [1.29, 1.82) is 0 Å². The maximum atomic E-state index is 12.2. The Morgan fingerprint density at radius 3 is 2.85 bits per heavy atom. The molecular weight excluding hydrogens is 489 g/mol. The van der Waals surface area contributed by atoms with Gasteiger partial charge in [-0.2, -0.15) is 5.10 Å². The van der Waals surface area contributed by atoms with Crippen LogP contribution in [0, 0.1) is 10.5 Å². The van der Waals surface area contributed by atoms with E-state index in [0.717, 1.165) is 19.4 Å². The van der Waals surface area contributed by atoms with Crippen molar-refractivity contribution in [3.63, 3.8) is 0 Å². The monoisotopic (exact) mass is 503 g/mol. The molecule has 3 rings (SSSR count). The topological polar surface area (TPSA) is 73.2 Å². The highest BCUT2D eigenvalue weighted by atomic mass is 127. The SMILES string of the molecule is COC(=O)c1sc2cc(NC(=O)CCn3ncc(I)c3C)ccc2c1Cl. The summed E-state index contributed by atoms with van der Waals surface area (Å²) >= 11 is 9.69. The second-order valence-corrected chi connectivity index (χ2v) is 8.14. The summed E-state index contributed by atoms with van der Waals surface area (Å²) in [4.78, 5) is 24.3. The van der Waals surface area contributed by atoms with Crippen molar-refractivity contribution in [3.8, 4) is 0 Å². The van der Waals surface area contributed by atoms with E-state index in [1.807, 2.05) is 11.6 Å². The van der Waals surface area contributed by atoms with Crippen LogP contribution < -0.4 is 5.32 Å². The zero-order valence-electron chi connectivity index (χ0n) is 14.0. The van der Waals surface area contributed by atoms with Crippen LogP contribution in [0.25, 0.3) is 10.1 Å². The summed E-state index contributed by atoms with van der Waals surface area (Å²) in [6.07, 6.45) is 2.09. The Bertz CT molecular complexity index is 999. The normalized spacial score (nSPS) is 10.9. The number of hydrogen-bond acceptors (Lipinski definition) is 5. The Kier molecular flexibility index (Phi) is 5.83. The summed E-state index contributed by atoms with van der Waals surface area (Å²) in [5.74, 6) is -0.573. The Balaban J connectivity index is 1.71. The number of nitrogens with one attached hydrogen (secondary N) is 1. The Labute approximate surface area is 172 Å². The van der Waals surface area contributed by atoms with Crippen LogP contribution in [0.4, 0.5) is 5.69 Å². The molecule has 2 heterocycles. The summed E-state index contributed by atoms with van der Waals surface area (Å²) in [6.45, 7) is 2.49. The van der Waals surface area contributed by atoms with Gasteiger partial charge in [0.1, 0.15) is 4.88 Å². The van der Waals surface area contributed by atoms with Crippen LogP contribution in [-0.4, -0.2) is 28.8 Å². The maximum absolute atomic E-state index is 12.2. The van der Waals surface area contributed by atoms with Crippen LogP contribution in [0.5, 0.6) is 0 Å². The largest absolute Gasteiger partial charge is 0.465 e. The highest BCUT2D eigenvalue weighted by Crippen LogP contribution is 2.37. The van der Waals surface area contributed by atoms with Gasteiger partial charge in [0.25, 0.3) is 0 Å². The number of nitrogens with zero attached hydrogens (tertiary/aromatic N) is 2. The lowest BCUT2D eigenvalue weighted by atomic mass is 10.2. The molecule has 3 aromatic rings. The molecule has 2 aromatic heterocycles. The number of aromatic nitrogens is 2. The van der Waals surface area contributed by atoms with E-state index in [9.17, 15) is 9.59 Å². The predicted octanol–water partition coefficient (Wildman–Crippen LogP) is 4.48. The number of fused-ring (bicyclic) bond motifs is 1. The zero-order chi connectivity index (χ0) is 18.8. The maximum Gasteiger partial charge on any atom is 0.349 e. The number of halogens is 2. The molecule has 6 nitrogen and oxygen atoms in total.